The van der Waals surface area contributed by atoms with Crippen molar-refractivity contribution >= 4 is 44.8 Å². The second kappa shape index (κ2) is 6.60. The van der Waals surface area contributed by atoms with Crippen molar-refractivity contribution in [2.75, 3.05) is 11.9 Å². The lowest BCUT2D eigenvalue weighted by molar-refractivity contribution is -0.118. The Morgan fingerprint density at radius 1 is 1.17 bits per heavy atom. The van der Waals surface area contributed by atoms with E-state index in [1.807, 2.05) is 0 Å². The average molecular weight is 387 g/mol. The predicted molar refractivity (Wildman–Crippen MR) is 91.1 cm³/mol. The van der Waals surface area contributed by atoms with Crippen molar-refractivity contribution in [3.63, 3.8) is 0 Å². The van der Waals surface area contributed by atoms with Crippen LogP contribution in [0.5, 0.6) is 5.75 Å². The summed E-state index contributed by atoms with van der Waals surface area (Å²) >= 11 is 11.8. The normalized spacial score (nSPS) is 13.8. The minimum absolute atomic E-state index is 0.0112. The van der Waals surface area contributed by atoms with E-state index in [2.05, 4.69) is 10.0 Å². The first-order chi connectivity index (χ1) is 11.3. The SMILES string of the molecule is O=C1COc2ccc(S(=O)(=O)NCc3ccc(Cl)cc3Cl)cc2N1. The lowest BCUT2D eigenvalue weighted by Crippen LogP contribution is -2.27. The highest BCUT2D eigenvalue weighted by Gasteiger charge is 2.21. The lowest BCUT2D eigenvalue weighted by Gasteiger charge is -2.18. The van der Waals surface area contributed by atoms with E-state index < -0.39 is 10.0 Å². The highest BCUT2D eigenvalue weighted by molar-refractivity contribution is 7.89. The maximum atomic E-state index is 12.4. The number of anilines is 1. The van der Waals surface area contributed by atoms with Crippen molar-refractivity contribution < 1.29 is 17.9 Å². The quantitative estimate of drug-likeness (QED) is 0.845. The summed E-state index contributed by atoms with van der Waals surface area (Å²) in [4.78, 5) is 11.3. The van der Waals surface area contributed by atoms with Crippen molar-refractivity contribution in [1.29, 1.82) is 0 Å². The van der Waals surface area contributed by atoms with Gasteiger partial charge in [-0.25, -0.2) is 13.1 Å². The first-order valence-electron chi connectivity index (χ1n) is 6.85. The van der Waals surface area contributed by atoms with Gasteiger partial charge in [0.1, 0.15) is 5.75 Å². The average Bonchev–Trinajstić information content (AvgIpc) is 2.53. The van der Waals surface area contributed by atoms with Crippen LogP contribution in [0.4, 0.5) is 5.69 Å². The maximum Gasteiger partial charge on any atom is 0.262 e. The molecular weight excluding hydrogens is 375 g/mol. The maximum absolute atomic E-state index is 12.4. The summed E-state index contributed by atoms with van der Waals surface area (Å²) in [6, 6.07) is 9.06. The fourth-order valence-corrected chi connectivity index (χ4v) is 3.66. The minimum atomic E-state index is -3.78. The van der Waals surface area contributed by atoms with Crippen LogP contribution in [0.1, 0.15) is 5.56 Å². The Balaban J connectivity index is 1.80. The van der Waals surface area contributed by atoms with Gasteiger partial charge in [0.05, 0.1) is 10.6 Å². The molecule has 3 rings (SSSR count). The Kier molecular flexibility index (Phi) is 4.69. The third-order valence-electron chi connectivity index (χ3n) is 3.36. The number of ether oxygens (including phenoxy) is 1. The molecule has 0 saturated heterocycles. The highest BCUT2D eigenvalue weighted by atomic mass is 35.5. The summed E-state index contributed by atoms with van der Waals surface area (Å²) in [5, 5.41) is 3.41. The van der Waals surface area contributed by atoms with Gasteiger partial charge in [0, 0.05) is 16.6 Å². The summed E-state index contributed by atoms with van der Waals surface area (Å²) < 4.78 is 32.5. The molecule has 1 aliphatic rings. The van der Waals surface area contributed by atoms with Crippen molar-refractivity contribution in [3.05, 3.63) is 52.0 Å². The molecule has 0 unspecified atom stereocenters. The zero-order chi connectivity index (χ0) is 17.3. The van der Waals surface area contributed by atoms with E-state index in [-0.39, 0.29) is 24.0 Å². The van der Waals surface area contributed by atoms with Gasteiger partial charge in [-0.1, -0.05) is 29.3 Å². The number of hydrogen-bond donors (Lipinski definition) is 2. The van der Waals surface area contributed by atoms with Crippen LogP contribution in [0.2, 0.25) is 10.0 Å². The number of fused-ring (bicyclic) bond motifs is 1. The van der Waals surface area contributed by atoms with Crippen LogP contribution in [-0.2, 0) is 21.4 Å². The van der Waals surface area contributed by atoms with Gasteiger partial charge in [0.2, 0.25) is 10.0 Å². The summed E-state index contributed by atoms with van der Waals surface area (Å²) in [5.41, 5.74) is 0.915. The van der Waals surface area contributed by atoms with E-state index >= 15 is 0 Å². The van der Waals surface area contributed by atoms with E-state index in [1.165, 1.54) is 18.2 Å². The molecule has 2 aromatic carbocycles. The molecule has 6 nitrogen and oxygen atoms in total. The van der Waals surface area contributed by atoms with Crippen LogP contribution in [0.25, 0.3) is 0 Å². The fraction of sp³-hybridized carbons (Fsp3) is 0.133. The Labute approximate surface area is 148 Å². The fourth-order valence-electron chi connectivity index (χ4n) is 2.15. The number of rotatable bonds is 4. The number of carbonyl (C=O) groups excluding carboxylic acids is 1. The van der Waals surface area contributed by atoms with Gasteiger partial charge >= 0.3 is 0 Å². The molecular formula is C15H12Cl2N2O4S. The van der Waals surface area contributed by atoms with Gasteiger partial charge in [-0.05, 0) is 35.9 Å². The molecule has 2 N–H and O–H groups in total. The van der Waals surface area contributed by atoms with Gasteiger partial charge in [-0.3, -0.25) is 4.79 Å². The molecule has 1 amide bonds. The van der Waals surface area contributed by atoms with Crippen molar-refractivity contribution in [2.45, 2.75) is 11.4 Å². The number of benzene rings is 2. The Morgan fingerprint density at radius 3 is 2.71 bits per heavy atom. The zero-order valence-electron chi connectivity index (χ0n) is 12.2. The number of sulfonamides is 1. The number of amides is 1. The summed E-state index contributed by atoms with van der Waals surface area (Å²) in [6.07, 6.45) is 0. The van der Waals surface area contributed by atoms with Crippen LogP contribution in [0.3, 0.4) is 0 Å². The van der Waals surface area contributed by atoms with Gasteiger partial charge < -0.3 is 10.1 Å². The van der Waals surface area contributed by atoms with Crippen LogP contribution in [0.15, 0.2) is 41.3 Å². The Morgan fingerprint density at radius 2 is 1.96 bits per heavy atom. The summed E-state index contributed by atoms with van der Waals surface area (Å²) in [6.45, 7) is -0.0787. The smallest absolute Gasteiger partial charge is 0.262 e. The Bertz CT molecular complexity index is 916. The van der Waals surface area contributed by atoms with Crippen LogP contribution in [0, 0.1) is 0 Å². The predicted octanol–water partition coefficient (Wildman–Crippen LogP) is 2.80. The molecule has 0 aliphatic carbocycles. The molecule has 1 aliphatic heterocycles. The second-order valence-electron chi connectivity index (χ2n) is 5.06. The van der Waals surface area contributed by atoms with Crippen molar-refractivity contribution in [1.82, 2.24) is 4.72 Å². The molecule has 9 heteroatoms. The zero-order valence-corrected chi connectivity index (χ0v) is 14.5. The first kappa shape index (κ1) is 17.0. The third-order valence-corrected chi connectivity index (χ3v) is 5.35. The van der Waals surface area contributed by atoms with Crippen LogP contribution < -0.4 is 14.8 Å². The standard InChI is InChI=1S/C15H12Cl2N2O4S/c16-10-2-1-9(12(17)5-10)7-18-24(21,22)11-3-4-14-13(6-11)19-15(20)8-23-14/h1-6,18H,7-8H2,(H,19,20). The lowest BCUT2D eigenvalue weighted by atomic mass is 10.2. The molecule has 24 heavy (non-hydrogen) atoms. The minimum Gasteiger partial charge on any atom is -0.482 e. The van der Waals surface area contributed by atoms with E-state index in [4.69, 9.17) is 27.9 Å². The van der Waals surface area contributed by atoms with E-state index in [9.17, 15) is 13.2 Å². The third kappa shape index (κ3) is 3.64. The Hall–Kier alpha value is -1.80. The van der Waals surface area contributed by atoms with Crippen molar-refractivity contribution in [3.8, 4) is 5.75 Å². The van der Waals surface area contributed by atoms with Crippen molar-refractivity contribution in [2.24, 2.45) is 0 Å². The molecule has 0 bridgehead atoms. The number of carbonyl (C=O) groups is 1. The van der Waals surface area contributed by atoms with Gasteiger partial charge in [-0.2, -0.15) is 0 Å². The second-order valence-corrected chi connectivity index (χ2v) is 7.67. The van der Waals surface area contributed by atoms with E-state index in [1.54, 1.807) is 18.2 Å². The van der Waals surface area contributed by atoms with Crippen LogP contribution >= 0.6 is 23.2 Å². The summed E-state index contributed by atoms with van der Waals surface area (Å²) in [7, 11) is -3.78. The monoisotopic (exact) mass is 386 g/mol. The van der Waals surface area contributed by atoms with Gasteiger partial charge in [0.15, 0.2) is 6.61 Å². The number of halogens is 2. The molecule has 0 saturated carbocycles. The number of hydrogen-bond acceptors (Lipinski definition) is 4. The van der Waals surface area contributed by atoms with Gasteiger partial charge in [-0.15, -0.1) is 0 Å². The first-order valence-corrected chi connectivity index (χ1v) is 9.09. The molecule has 0 spiro atoms. The molecule has 2 aromatic rings. The molecule has 0 atom stereocenters. The number of nitrogens with one attached hydrogen (secondary N) is 2. The molecule has 1 heterocycles. The van der Waals surface area contributed by atoms with E-state index in [0.717, 1.165) is 0 Å². The van der Waals surface area contributed by atoms with Gasteiger partial charge in [0.25, 0.3) is 5.91 Å². The highest BCUT2D eigenvalue weighted by Crippen LogP contribution is 2.30. The summed E-state index contributed by atoms with van der Waals surface area (Å²) in [5.74, 6) is 0.0900. The topological polar surface area (TPSA) is 84.5 Å². The molecule has 126 valence electrons. The van der Waals surface area contributed by atoms with Crippen LogP contribution in [-0.4, -0.2) is 20.9 Å². The molecule has 0 radical (unpaired) electrons. The van der Waals surface area contributed by atoms with E-state index in [0.29, 0.717) is 27.0 Å². The molecule has 0 fully saturated rings. The largest absolute Gasteiger partial charge is 0.482 e. The molecule has 0 aromatic heterocycles.